The van der Waals surface area contributed by atoms with E-state index >= 15 is 0 Å². The molecule has 0 saturated carbocycles. The molecule has 1 aromatic carbocycles. The fourth-order valence-corrected chi connectivity index (χ4v) is 1.90. The van der Waals surface area contributed by atoms with Gasteiger partial charge in [-0.25, -0.2) is 0 Å². The van der Waals surface area contributed by atoms with Gasteiger partial charge in [0.05, 0.1) is 5.52 Å². The lowest BCUT2D eigenvalue weighted by Gasteiger charge is -2.07. The lowest BCUT2D eigenvalue weighted by Crippen LogP contribution is -2.10. The number of rotatable bonds is 3. The normalized spacial score (nSPS) is 11.2. The summed E-state index contributed by atoms with van der Waals surface area (Å²) in [7, 11) is 6.11. The lowest BCUT2D eigenvalue weighted by atomic mass is 10.2. The molecule has 0 atom stereocenters. The first kappa shape index (κ1) is 10.1. The van der Waals surface area contributed by atoms with E-state index in [4.69, 9.17) is 0 Å². The van der Waals surface area contributed by atoms with Gasteiger partial charge < -0.3 is 10.3 Å². The summed E-state index contributed by atoms with van der Waals surface area (Å²) in [4.78, 5) is 2.18. The number of hydrogen-bond acceptors (Lipinski definition) is 2. The Morgan fingerprint density at radius 2 is 2.00 bits per heavy atom. The van der Waals surface area contributed by atoms with Crippen molar-refractivity contribution in [3.63, 3.8) is 0 Å². The number of nitrogens with zero attached hydrogens (tertiary/aromatic N) is 2. The monoisotopic (exact) mass is 203 g/mol. The Bertz CT molecular complexity index is 457. The molecule has 1 aromatic heterocycles. The largest absolute Gasteiger partial charge is 0.329 e. The molecule has 0 amide bonds. The molecule has 0 radical (unpaired) electrons. The third-order valence-corrected chi connectivity index (χ3v) is 2.52. The van der Waals surface area contributed by atoms with E-state index in [2.05, 4.69) is 59.6 Å². The minimum atomic E-state index is 0.967. The van der Waals surface area contributed by atoms with Gasteiger partial charge in [0.2, 0.25) is 0 Å². The molecule has 2 rings (SSSR count). The van der Waals surface area contributed by atoms with Crippen LogP contribution in [0.4, 0.5) is 0 Å². The summed E-state index contributed by atoms with van der Waals surface area (Å²) in [5, 5.41) is 1.32. The molecule has 0 bridgehead atoms. The molecule has 0 saturated heterocycles. The molecule has 0 aliphatic heterocycles. The van der Waals surface area contributed by atoms with Crippen LogP contribution in [0.25, 0.3) is 10.9 Å². The molecular weight excluding hydrogens is 186 g/mol. The van der Waals surface area contributed by atoms with Crippen LogP contribution in [-0.2, 0) is 6.54 Å². The Labute approximate surface area is 90.3 Å². The first-order valence-electron chi connectivity index (χ1n) is 5.14. The summed E-state index contributed by atoms with van der Waals surface area (Å²) in [5.74, 6) is 0. The van der Waals surface area contributed by atoms with Crippen LogP contribution in [0.5, 0.6) is 0 Å². The molecule has 3 heteroatoms. The molecule has 0 aliphatic carbocycles. The molecule has 0 unspecified atom stereocenters. The fourth-order valence-electron chi connectivity index (χ4n) is 1.90. The number of aromatic nitrogens is 1. The average Bonchev–Trinajstić information content (AvgIpc) is 2.56. The summed E-state index contributed by atoms with van der Waals surface area (Å²) < 4.78 is 2.06. The van der Waals surface area contributed by atoms with E-state index in [-0.39, 0.29) is 0 Å². The van der Waals surface area contributed by atoms with E-state index in [0.29, 0.717) is 0 Å². The Kier molecular flexibility index (Phi) is 2.64. The molecule has 3 nitrogen and oxygen atoms in total. The van der Waals surface area contributed by atoms with E-state index in [9.17, 15) is 0 Å². The molecule has 0 fully saturated rings. The van der Waals surface area contributed by atoms with E-state index in [1.165, 1.54) is 16.5 Å². The highest BCUT2D eigenvalue weighted by atomic mass is 15.4. The SMILES string of the molecule is CNn1cc(CN(C)C)c2ccccc21. The van der Waals surface area contributed by atoms with Crippen LogP contribution in [0, 0.1) is 0 Å². The molecule has 2 aromatic rings. The molecule has 0 aliphatic rings. The van der Waals surface area contributed by atoms with Crippen molar-refractivity contribution in [2.45, 2.75) is 6.54 Å². The number of hydrogen-bond donors (Lipinski definition) is 1. The maximum Gasteiger partial charge on any atom is 0.0695 e. The smallest absolute Gasteiger partial charge is 0.0695 e. The zero-order chi connectivity index (χ0) is 10.8. The Balaban J connectivity index is 2.55. The highest BCUT2D eigenvalue weighted by Crippen LogP contribution is 2.20. The zero-order valence-corrected chi connectivity index (χ0v) is 9.49. The maximum absolute atomic E-state index is 3.16. The molecular formula is C12H17N3. The van der Waals surface area contributed by atoms with Crippen molar-refractivity contribution in [1.82, 2.24) is 9.58 Å². The Hall–Kier alpha value is -1.48. The molecule has 15 heavy (non-hydrogen) atoms. The summed E-state index contributed by atoms with van der Waals surface area (Å²) in [6, 6.07) is 8.45. The van der Waals surface area contributed by atoms with Crippen LogP contribution in [0.1, 0.15) is 5.56 Å². The van der Waals surface area contributed by atoms with Crippen molar-refractivity contribution in [1.29, 1.82) is 0 Å². The van der Waals surface area contributed by atoms with Gasteiger partial charge in [-0.3, -0.25) is 4.68 Å². The van der Waals surface area contributed by atoms with E-state index in [0.717, 1.165) is 6.54 Å². The van der Waals surface area contributed by atoms with Gasteiger partial charge in [-0.1, -0.05) is 18.2 Å². The summed E-state index contributed by atoms with van der Waals surface area (Å²) >= 11 is 0. The van der Waals surface area contributed by atoms with E-state index < -0.39 is 0 Å². The van der Waals surface area contributed by atoms with Crippen molar-refractivity contribution in [3.05, 3.63) is 36.0 Å². The number of fused-ring (bicyclic) bond motifs is 1. The number of benzene rings is 1. The van der Waals surface area contributed by atoms with Crippen LogP contribution >= 0.6 is 0 Å². The number of para-hydroxylation sites is 1. The van der Waals surface area contributed by atoms with Crippen molar-refractivity contribution in [3.8, 4) is 0 Å². The van der Waals surface area contributed by atoms with Gasteiger partial charge in [-0.15, -0.1) is 0 Å². The van der Waals surface area contributed by atoms with Crippen LogP contribution in [0.3, 0.4) is 0 Å². The predicted octanol–water partition coefficient (Wildman–Crippen LogP) is 1.88. The third kappa shape index (κ3) is 1.83. The highest BCUT2D eigenvalue weighted by molar-refractivity contribution is 5.84. The average molecular weight is 203 g/mol. The first-order valence-corrected chi connectivity index (χ1v) is 5.14. The quantitative estimate of drug-likeness (QED) is 0.822. The topological polar surface area (TPSA) is 20.2 Å². The second-order valence-electron chi connectivity index (χ2n) is 4.00. The standard InChI is InChI=1S/C12H17N3/c1-13-15-9-10(8-14(2)3)11-6-4-5-7-12(11)15/h4-7,9,13H,8H2,1-3H3. The van der Waals surface area contributed by atoms with Gasteiger partial charge in [0, 0.05) is 25.2 Å². The van der Waals surface area contributed by atoms with Gasteiger partial charge in [0.1, 0.15) is 0 Å². The zero-order valence-electron chi connectivity index (χ0n) is 9.49. The van der Waals surface area contributed by atoms with Gasteiger partial charge in [0.25, 0.3) is 0 Å². The van der Waals surface area contributed by atoms with Gasteiger partial charge in [-0.05, 0) is 25.7 Å². The maximum atomic E-state index is 3.16. The third-order valence-electron chi connectivity index (χ3n) is 2.52. The van der Waals surface area contributed by atoms with Gasteiger partial charge in [0.15, 0.2) is 0 Å². The molecule has 80 valence electrons. The van der Waals surface area contributed by atoms with Gasteiger partial charge in [-0.2, -0.15) is 0 Å². The van der Waals surface area contributed by atoms with Crippen LogP contribution in [0.15, 0.2) is 30.5 Å². The summed E-state index contributed by atoms with van der Waals surface area (Å²) in [6.45, 7) is 0.967. The fraction of sp³-hybridized carbons (Fsp3) is 0.333. The Morgan fingerprint density at radius 3 is 2.67 bits per heavy atom. The molecule has 1 N–H and O–H groups in total. The van der Waals surface area contributed by atoms with E-state index in [1.807, 2.05) is 7.05 Å². The number of nitrogens with one attached hydrogen (secondary N) is 1. The molecule has 1 heterocycles. The lowest BCUT2D eigenvalue weighted by molar-refractivity contribution is 0.404. The molecule has 0 spiro atoms. The van der Waals surface area contributed by atoms with Crippen molar-refractivity contribution in [2.75, 3.05) is 26.6 Å². The second kappa shape index (κ2) is 3.95. The van der Waals surface area contributed by atoms with Crippen molar-refractivity contribution in [2.24, 2.45) is 0 Å². The van der Waals surface area contributed by atoms with Crippen molar-refractivity contribution < 1.29 is 0 Å². The van der Waals surface area contributed by atoms with Crippen LogP contribution in [-0.4, -0.2) is 30.7 Å². The first-order chi connectivity index (χ1) is 7.22. The van der Waals surface area contributed by atoms with Crippen LogP contribution in [0.2, 0.25) is 0 Å². The van der Waals surface area contributed by atoms with Gasteiger partial charge >= 0.3 is 0 Å². The predicted molar refractivity (Wildman–Crippen MR) is 64.6 cm³/mol. The highest BCUT2D eigenvalue weighted by Gasteiger charge is 2.07. The summed E-state index contributed by atoms with van der Waals surface area (Å²) in [6.07, 6.45) is 2.16. The minimum Gasteiger partial charge on any atom is -0.329 e. The van der Waals surface area contributed by atoms with Crippen molar-refractivity contribution >= 4 is 10.9 Å². The van der Waals surface area contributed by atoms with Crippen LogP contribution < -0.4 is 5.43 Å². The Morgan fingerprint density at radius 1 is 1.27 bits per heavy atom. The summed E-state index contributed by atoms with van der Waals surface area (Å²) in [5.41, 5.74) is 5.75. The minimum absolute atomic E-state index is 0.967. The van der Waals surface area contributed by atoms with E-state index in [1.54, 1.807) is 0 Å². The second-order valence-corrected chi connectivity index (χ2v) is 4.00.